The number of benzene rings is 1. The zero-order valence-electron chi connectivity index (χ0n) is 13.8. The van der Waals surface area contributed by atoms with Crippen LogP contribution < -0.4 is 0 Å². The van der Waals surface area contributed by atoms with Gasteiger partial charge in [-0.1, -0.05) is 29.3 Å². The SMILES string of the molecule is O=C(Cc1csc(-c2ccco2)n1)N1CCCC1c1ccc(Cl)c(Cl)c1. The summed E-state index contributed by atoms with van der Waals surface area (Å²) in [6, 6.07) is 9.33. The number of hydrogen-bond acceptors (Lipinski definition) is 4. The highest BCUT2D eigenvalue weighted by Gasteiger charge is 2.30. The van der Waals surface area contributed by atoms with Gasteiger partial charge in [0.25, 0.3) is 0 Å². The lowest BCUT2D eigenvalue weighted by Gasteiger charge is -2.25. The molecule has 1 saturated heterocycles. The molecule has 3 aromatic rings. The van der Waals surface area contributed by atoms with Crippen LogP contribution in [0.5, 0.6) is 0 Å². The predicted octanol–water partition coefficient (Wildman–Crippen LogP) is 5.62. The number of hydrogen-bond donors (Lipinski definition) is 0. The Kier molecular flexibility index (Phi) is 5.02. The van der Waals surface area contributed by atoms with Crippen LogP contribution in [0.4, 0.5) is 0 Å². The van der Waals surface area contributed by atoms with E-state index in [0.29, 0.717) is 10.0 Å². The maximum Gasteiger partial charge on any atom is 0.229 e. The monoisotopic (exact) mass is 406 g/mol. The fourth-order valence-electron chi connectivity index (χ4n) is 3.29. The molecule has 1 aromatic carbocycles. The molecule has 134 valence electrons. The predicted molar refractivity (Wildman–Crippen MR) is 104 cm³/mol. The second-order valence-corrected chi connectivity index (χ2v) is 7.89. The summed E-state index contributed by atoms with van der Waals surface area (Å²) in [6.07, 6.45) is 3.81. The minimum Gasteiger partial charge on any atom is -0.462 e. The first-order chi connectivity index (χ1) is 12.6. The van der Waals surface area contributed by atoms with Crippen molar-refractivity contribution in [1.29, 1.82) is 0 Å². The quantitative estimate of drug-likeness (QED) is 0.564. The average molecular weight is 407 g/mol. The van der Waals surface area contributed by atoms with Crippen LogP contribution in [0.2, 0.25) is 10.0 Å². The molecule has 4 nitrogen and oxygen atoms in total. The Morgan fingerprint density at radius 2 is 2.19 bits per heavy atom. The van der Waals surface area contributed by atoms with E-state index in [4.69, 9.17) is 27.6 Å². The summed E-state index contributed by atoms with van der Waals surface area (Å²) < 4.78 is 5.36. The first-order valence-electron chi connectivity index (χ1n) is 8.34. The van der Waals surface area contributed by atoms with Crippen LogP contribution in [-0.4, -0.2) is 22.3 Å². The Bertz CT molecular complexity index is 924. The van der Waals surface area contributed by atoms with Gasteiger partial charge in [-0.3, -0.25) is 4.79 Å². The first kappa shape index (κ1) is 17.6. The molecule has 0 radical (unpaired) electrons. The third-order valence-corrected chi connectivity index (χ3v) is 6.16. The Morgan fingerprint density at radius 3 is 2.96 bits per heavy atom. The van der Waals surface area contributed by atoms with E-state index in [1.54, 1.807) is 12.3 Å². The van der Waals surface area contributed by atoms with Crippen molar-refractivity contribution in [3.05, 3.63) is 63.3 Å². The maximum atomic E-state index is 12.9. The molecule has 1 atom stereocenters. The largest absolute Gasteiger partial charge is 0.462 e. The topological polar surface area (TPSA) is 46.3 Å². The van der Waals surface area contributed by atoms with Gasteiger partial charge in [0.1, 0.15) is 0 Å². The zero-order chi connectivity index (χ0) is 18.1. The standard InChI is InChI=1S/C19H16Cl2N2O2S/c20-14-6-5-12(9-15(14)21)16-3-1-7-23(16)18(24)10-13-11-26-19(22-13)17-4-2-8-25-17/h2,4-6,8-9,11,16H,1,3,7,10H2. The number of furan rings is 1. The molecule has 1 fully saturated rings. The lowest BCUT2D eigenvalue weighted by Crippen LogP contribution is -2.31. The number of likely N-dealkylation sites (tertiary alicyclic amines) is 1. The molecule has 1 amide bonds. The summed E-state index contributed by atoms with van der Waals surface area (Å²) in [5.41, 5.74) is 1.80. The minimum absolute atomic E-state index is 0.0421. The average Bonchev–Trinajstić information content (AvgIpc) is 3.38. The summed E-state index contributed by atoms with van der Waals surface area (Å²) in [4.78, 5) is 19.3. The molecule has 0 saturated carbocycles. The van der Waals surface area contributed by atoms with E-state index in [1.165, 1.54) is 11.3 Å². The first-order valence-corrected chi connectivity index (χ1v) is 9.98. The van der Waals surface area contributed by atoms with Crippen LogP contribution >= 0.6 is 34.5 Å². The van der Waals surface area contributed by atoms with Gasteiger partial charge >= 0.3 is 0 Å². The highest BCUT2D eigenvalue weighted by atomic mass is 35.5. The van der Waals surface area contributed by atoms with Crippen LogP contribution in [0.25, 0.3) is 10.8 Å². The van der Waals surface area contributed by atoms with Crippen molar-refractivity contribution in [3.8, 4) is 10.8 Å². The third-order valence-electron chi connectivity index (χ3n) is 4.52. The van der Waals surface area contributed by atoms with E-state index in [0.717, 1.165) is 41.4 Å². The van der Waals surface area contributed by atoms with Gasteiger partial charge in [-0.25, -0.2) is 4.98 Å². The van der Waals surface area contributed by atoms with E-state index >= 15 is 0 Å². The summed E-state index contributed by atoms with van der Waals surface area (Å²) in [7, 11) is 0. The maximum absolute atomic E-state index is 12.9. The van der Waals surface area contributed by atoms with Gasteiger partial charge in [-0.2, -0.15) is 0 Å². The number of carbonyl (C=O) groups excluding carboxylic acids is 1. The number of halogens is 2. The Balaban J connectivity index is 1.49. The van der Waals surface area contributed by atoms with E-state index in [-0.39, 0.29) is 18.4 Å². The molecule has 0 bridgehead atoms. The normalized spacial score (nSPS) is 17.0. The van der Waals surface area contributed by atoms with E-state index < -0.39 is 0 Å². The van der Waals surface area contributed by atoms with Gasteiger partial charge in [0.2, 0.25) is 5.91 Å². The minimum atomic E-state index is 0.0421. The van der Waals surface area contributed by atoms with Gasteiger partial charge < -0.3 is 9.32 Å². The van der Waals surface area contributed by atoms with Crippen LogP contribution in [0.3, 0.4) is 0 Å². The summed E-state index contributed by atoms with van der Waals surface area (Å²) >= 11 is 13.6. The Labute approximate surface area is 165 Å². The second-order valence-electron chi connectivity index (χ2n) is 6.22. The number of aromatic nitrogens is 1. The molecular formula is C19H16Cl2N2O2S. The summed E-state index contributed by atoms with van der Waals surface area (Å²) in [5.74, 6) is 0.804. The smallest absolute Gasteiger partial charge is 0.229 e. The van der Waals surface area contributed by atoms with Crippen molar-refractivity contribution in [2.45, 2.75) is 25.3 Å². The molecule has 4 rings (SSSR count). The van der Waals surface area contributed by atoms with E-state index in [1.807, 2.05) is 34.5 Å². The molecular weight excluding hydrogens is 391 g/mol. The van der Waals surface area contributed by atoms with Gasteiger partial charge in [-0.05, 0) is 42.7 Å². The van der Waals surface area contributed by atoms with E-state index in [9.17, 15) is 4.79 Å². The number of nitrogens with zero attached hydrogens (tertiary/aromatic N) is 2. The lowest BCUT2D eigenvalue weighted by atomic mass is 10.0. The zero-order valence-corrected chi connectivity index (χ0v) is 16.2. The number of amides is 1. The van der Waals surface area contributed by atoms with Crippen LogP contribution in [0.1, 0.15) is 30.1 Å². The molecule has 1 unspecified atom stereocenters. The van der Waals surface area contributed by atoms with Crippen molar-refractivity contribution in [1.82, 2.24) is 9.88 Å². The van der Waals surface area contributed by atoms with Crippen LogP contribution in [0.15, 0.2) is 46.4 Å². The number of carbonyl (C=O) groups is 1. The van der Waals surface area contributed by atoms with Crippen molar-refractivity contribution in [2.24, 2.45) is 0 Å². The van der Waals surface area contributed by atoms with Gasteiger partial charge in [0.15, 0.2) is 10.8 Å². The molecule has 26 heavy (non-hydrogen) atoms. The van der Waals surface area contributed by atoms with Crippen molar-refractivity contribution in [3.63, 3.8) is 0 Å². The number of rotatable bonds is 4. The van der Waals surface area contributed by atoms with Gasteiger partial charge in [0, 0.05) is 11.9 Å². The lowest BCUT2D eigenvalue weighted by molar-refractivity contribution is -0.131. The molecule has 1 aliphatic heterocycles. The van der Waals surface area contributed by atoms with E-state index in [2.05, 4.69) is 4.98 Å². The molecule has 1 aliphatic rings. The Hall–Kier alpha value is -1.82. The fraction of sp³-hybridized carbons (Fsp3) is 0.263. The van der Waals surface area contributed by atoms with Gasteiger partial charge in [0.05, 0.1) is 34.5 Å². The van der Waals surface area contributed by atoms with Crippen molar-refractivity contribution >= 4 is 40.4 Å². The highest BCUT2D eigenvalue weighted by Crippen LogP contribution is 2.35. The molecule has 3 heterocycles. The molecule has 0 spiro atoms. The summed E-state index contributed by atoms with van der Waals surface area (Å²) in [6.45, 7) is 0.749. The molecule has 0 N–H and O–H groups in total. The summed E-state index contributed by atoms with van der Waals surface area (Å²) in [5, 5.41) is 3.76. The van der Waals surface area contributed by atoms with Crippen molar-refractivity contribution in [2.75, 3.05) is 6.54 Å². The van der Waals surface area contributed by atoms with Crippen molar-refractivity contribution < 1.29 is 9.21 Å². The molecule has 7 heteroatoms. The third kappa shape index (κ3) is 3.52. The highest BCUT2D eigenvalue weighted by molar-refractivity contribution is 7.13. The molecule has 0 aliphatic carbocycles. The van der Waals surface area contributed by atoms with Gasteiger partial charge in [-0.15, -0.1) is 11.3 Å². The van der Waals surface area contributed by atoms with Crippen LogP contribution in [0, 0.1) is 0 Å². The Morgan fingerprint density at radius 1 is 1.31 bits per heavy atom. The number of thiazole rings is 1. The fourth-order valence-corrected chi connectivity index (χ4v) is 4.38. The second kappa shape index (κ2) is 7.43. The molecule has 2 aromatic heterocycles. The van der Waals surface area contributed by atoms with Crippen LogP contribution in [-0.2, 0) is 11.2 Å².